The topological polar surface area (TPSA) is 137 Å². The van der Waals surface area contributed by atoms with Gasteiger partial charge >= 0.3 is 18.4 Å². The minimum Gasteiger partial charge on any atom is -0.444 e. The normalized spacial score (nSPS) is 21.6. The molecule has 3 amide bonds. The van der Waals surface area contributed by atoms with Crippen LogP contribution in [0.4, 0.5) is 42.8 Å². The summed E-state index contributed by atoms with van der Waals surface area (Å²) in [4.78, 5) is 51.9. The molecule has 2 aromatic heterocycles. The zero-order valence-corrected chi connectivity index (χ0v) is 31.3. The van der Waals surface area contributed by atoms with Gasteiger partial charge in [-0.1, -0.05) is 12.1 Å². The van der Waals surface area contributed by atoms with Gasteiger partial charge in [-0.15, -0.1) is 0 Å². The molecule has 55 heavy (non-hydrogen) atoms. The number of nitrogens with two attached hydrogens (primary N) is 1. The van der Waals surface area contributed by atoms with Gasteiger partial charge in [0.05, 0.1) is 6.04 Å². The van der Waals surface area contributed by atoms with Gasteiger partial charge in [0.1, 0.15) is 28.6 Å². The van der Waals surface area contributed by atoms with Gasteiger partial charge in [-0.05, 0) is 83.6 Å². The number of carbonyl (C=O) groups is 3. The van der Waals surface area contributed by atoms with Gasteiger partial charge in [-0.3, -0.25) is 9.59 Å². The van der Waals surface area contributed by atoms with E-state index in [1.54, 1.807) is 42.7 Å². The molecule has 0 radical (unpaired) electrons. The number of carbonyl (C=O) groups excluding carboxylic acids is 3. The van der Waals surface area contributed by atoms with E-state index in [4.69, 9.17) is 10.5 Å². The maximum absolute atomic E-state index is 12.9. The third-order valence-electron chi connectivity index (χ3n) is 10.1. The highest BCUT2D eigenvalue weighted by atomic mass is 19.4. The van der Waals surface area contributed by atoms with E-state index in [0.29, 0.717) is 90.3 Å². The number of ether oxygens (including phenoxy) is 1. The van der Waals surface area contributed by atoms with Crippen LogP contribution >= 0.6 is 0 Å². The Hall–Kier alpha value is -4.35. The molecule has 0 spiro atoms. The van der Waals surface area contributed by atoms with Gasteiger partial charge in [-0.25, -0.2) is 14.8 Å². The fourth-order valence-electron chi connectivity index (χ4n) is 7.28. The van der Waals surface area contributed by atoms with Gasteiger partial charge in [0, 0.05) is 70.2 Å². The molecule has 6 heterocycles. The number of amides is 3. The Morgan fingerprint density at radius 1 is 0.673 bits per heavy atom. The molecule has 2 atom stereocenters. The highest BCUT2D eigenvalue weighted by molar-refractivity contribution is 5.80. The molecule has 12 nitrogen and oxygen atoms in total. The van der Waals surface area contributed by atoms with E-state index in [1.165, 1.54) is 12.1 Å². The maximum atomic E-state index is 12.9. The molecule has 4 aliphatic heterocycles. The third kappa shape index (κ3) is 11.6. The van der Waals surface area contributed by atoms with E-state index in [0.717, 1.165) is 18.6 Å². The quantitative estimate of drug-likeness (QED) is 0.387. The number of halogens is 6. The van der Waals surface area contributed by atoms with Gasteiger partial charge in [-0.2, -0.15) is 26.3 Å². The molecule has 0 aromatic carbocycles. The number of nitrogens with one attached hydrogen (secondary N) is 1. The lowest BCUT2D eigenvalue weighted by Crippen LogP contribution is -2.44. The molecule has 0 bridgehead atoms. The second-order valence-corrected chi connectivity index (χ2v) is 15.5. The van der Waals surface area contributed by atoms with Crippen molar-refractivity contribution in [1.29, 1.82) is 0 Å². The smallest absolute Gasteiger partial charge is 0.433 e. The Morgan fingerprint density at radius 3 is 1.51 bits per heavy atom. The standard InChI is InChI=1S/C21H29F3N4O3.C16H21F3N4O/c1-20(2,3)31-19(30)25-15-9-12-28(13-15)18(29)14-7-10-27(11-8-14)17-6-4-5-16(26-17)21(22,23)24;17-16(18,19)13-2-1-3-14(21-13)22-7-4-11(5-8-22)15(24)23-9-6-12(20)10-23/h4-6,14-15H,7-13H2,1-3H3,(H,25,30);1-3,11-12H,4-10,20H2/t15-;12-/m00/s1. The second-order valence-electron chi connectivity index (χ2n) is 15.5. The average molecular weight is 785 g/mol. The first-order valence-corrected chi connectivity index (χ1v) is 18.7. The number of alkyl carbamates (subject to hydrolysis) is 1. The van der Waals surface area contributed by atoms with E-state index in [1.807, 2.05) is 9.80 Å². The van der Waals surface area contributed by atoms with Crippen LogP contribution in [0.15, 0.2) is 36.4 Å². The van der Waals surface area contributed by atoms with Crippen molar-refractivity contribution in [1.82, 2.24) is 25.1 Å². The molecular weight excluding hydrogens is 734 g/mol. The minimum atomic E-state index is -4.48. The number of piperidine rings is 2. The number of anilines is 2. The summed E-state index contributed by atoms with van der Waals surface area (Å²) >= 11 is 0. The van der Waals surface area contributed by atoms with Gasteiger partial charge in [0.25, 0.3) is 0 Å². The molecular formula is C37H50F6N8O4. The molecule has 2 aromatic rings. The van der Waals surface area contributed by atoms with Crippen LogP contribution in [0.2, 0.25) is 0 Å². The summed E-state index contributed by atoms with van der Waals surface area (Å²) in [5.41, 5.74) is 3.46. The monoisotopic (exact) mass is 784 g/mol. The first-order chi connectivity index (χ1) is 25.8. The van der Waals surface area contributed by atoms with Crippen LogP contribution in [0.25, 0.3) is 0 Å². The molecule has 304 valence electrons. The van der Waals surface area contributed by atoms with E-state index in [9.17, 15) is 40.7 Å². The molecule has 6 rings (SSSR count). The molecule has 4 fully saturated rings. The van der Waals surface area contributed by atoms with Crippen molar-refractivity contribution in [2.45, 2.75) is 89.3 Å². The van der Waals surface area contributed by atoms with Crippen LogP contribution in [-0.4, -0.2) is 108 Å². The van der Waals surface area contributed by atoms with Crippen molar-refractivity contribution < 1.29 is 45.5 Å². The van der Waals surface area contributed by atoms with Crippen molar-refractivity contribution in [3.05, 3.63) is 47.8 Å². The van der Waals surface area contributed by atoms with Crippen molar-refractivity contribution in [2.24, 2.45) is 17.6 Å². The largest absolute Gasteiger partial charge is 0.444 e. The predicted molar refractivity (Wildman–Crippen MR) is 192 cm³/mol. The number of hydrogen-bond donors (Lipinski definition) is 2. The average Bonchev–Trinajstić information content (AvgIpc) is 3.79. The number of rotatable bonds is 5. The van der Waals surface area contributed by atoms with Crippen LogP contribution in [0, 0.1) is 11.8 Å². The minimum absolute atomic E-state index is 0.0325. The molecule has 4 aliphatic rings. The first-order valence-electron chi connectivity index (χ1n) is 18.7. The van der Waals surface area contributed by atoms with E-state index >= 15 is 0 Å². The maximum Gasteiger partial charge on any atom is 0.433 e. The van der Waals surface area contributed by atoms with Crippen molar-refractivity contribution in [3.8, 4) is 0 Å². The van der Waals surface area contributed by atoms with Crippen LogP contribution in [0.3, 0.4) is 0 Å². The van der Waals surface area contributed by atoms with E-state index in [-0.39, 0.29) is 41.6 Å². The number of alkyl halides is 6. The SMILES string of the molecule is CC(C)(C)OC(=O)N[C@H]1CCN(C(=O)C2CCN(c3cccc(C(F)(F)F)n3)CC2)C1.N[C@H]1CCN(C(=O)C2CCN(c3cccc(C(F)(F)F)n3)CC2)C1. The fraction of sp³-hybridized carbons (Fsp3) is 0.649. The van der Waals surface area contributed by atoms with Gasteiger partial charge in [0.2, 0.25) is 11.8 Å². The Balaban J connectivity index is 0.000000218. The summed E-state index contributed by atoms with van der Waals surface area (Å²) in [6.07, 6.45) is -5.56. The highest BCUT2D eigenvalue weighted by Crippen LogP contribution is 2.32. The summed E-state index contributed by atoms with van der Waals surface area (Å²) < 4.78 is 82.3. The molecule has 0 saturated carbocycles. The van der Waals surface area contributed by atoms with Gasteiger partial charge in [0.15, 0.2) is 0 Å². The summed E-state index contributed by atoms with van der Waals surface area (Å²) in [6, 6.07) is 7.70. The Bertz CT molecular complexity index is 1640. The molecule has 3 N–H and O–H groups in total. The third-order valence-corrected chi connectivity index (χ3v) is 10.1. The fourth-order valence-corrected chi connectivity index (χ4v) is 7.28. The number of pyridine rings is 2. The number of aromatic nitrogens is 2. The van der Waals surface area contributed by atoms with Crippen LogP contribution < -0.4 is 20.9 Å². The number of likely N-dealkylation sites (tertiary alicyclic amines) is 2. The molecule has 0 unspecified atom stereocenters. The summed E-state index contributed by atoms with van der Waals surface area (Å²) in [7, 11) is 0. The molecule has 4 saturated heterocycles. The zero-order chi connectivity index (χ0) is 40.1. The van der Waals surface area contributed by atoms with Gasteiger partial charge < -0.3 is 35.4 Å². The molecule has 18 heteroatoms. The van der Waals surface area contributed by atoms with Crippen LogP contribution in [-0.2, 0) is 26.7 Å². The lowest BCUT2D eigenvalue weighted by molar-refractivity contribution is -0.141. The van der Waals surface area contributed by atoms with E-state index in [2.05, 4.69) is 15.3 Å². The van der Waals surface area contributed by atoms with Crippen molar-refractivity contribution >= 4 is 29.5 Å². The summed E-state index contributed by atoms with van der Waals surface area (Å²) in [5.74, 6) is 0.506. The number of nitrogens with zero attached hydrogens (tertiary/aromatic N) is 6. The Labute approximate surface area is 316 Å². The Kier molecular flexibility index (Phi) is 13.1. The van der Waals surface area contributed by atoms with Crippen molar-refractivity contribution in [3.63, 3.8) is 0 Å². The summed E-state index contributed by atoms with van der Waals surface area (Å²) in [6.45, 7) is 9.69. The van der Waals surface area contributed by atoms with E-state index < -0.39 is 35.4 Å². The number of hydrogen-bond acceptors (Lipinski definition) is 9. The highest BCUT2D eigenvalue weighted by Gasteiger charge is 2.37. The van der Waals surface area contributed by atoms with Crippen molar-refractivity contribution in [2.75, 3.05) is 62.2 Å². The lowest BCUT2D eigenvalue weighted by Gasteiger charge is -2.34. The summed E-state index contributed by atoms with van der Waals surface area (Å²) in [5, 5.41) is 2.81. The first kappa shape index (κ1) is 41.8. The second kappa shape index (κ2) is 17.2. The molecule has 0 aliphatic carbocycles. The van der Waals surface area contributed by atoms with Crippen LogP contribution in [0.5, 0.6) is 0 Å². The predicted octanol–water partition coefficient (Wildman–Crippen LogP) is 5.32. The lowest BCUT2D eigenvalue weighted by atomic mass is 9.95. The van der Waals surface area contributed by atoms with Crippen LogP contribution in [0.1, 0.15) is 70.7 Å². The zero-order valence-electron chi connectivity index (χ0n) is 31.3. The Morgan fingerprint density at radius 2 is 1.11 bits per heavy atom.